The van der Waals surface area contributed by atoms with Crippen molar-refractivity contribution in [3.05, 3.63) is 47.8 Å². The van der Waals surface area contributed by atoms with Gasteiger partial charge in [0.25, 0.3) is 0 Å². The zero-order valence-corrected chi connectivity index (χ0v) is 15.1. The van der Waals surface area contributed by atoms with Crippen LogP contribution in [0.1, 0.15) is 49.2 Å². The number of carbonyl (C=O) groups is 2. The summed E-state index contributed by atoms with van der Waals surface area (Å²) in [6, 6.07) is 3.98. The van der Waals surface area contributed by atoms with Crippen LogP contribution in [0.3, 0.4) is 0 Å². The van der Waals surface area contributed by atoms with E-state index in [0.29, 0.717) is 19.5 Å². The van der Waals surface area contributed by atoms with E-state index in [1.54, 1.807) is 18.6 Å². The zero-order valence-electron chi connectivity index (χ0n) is 15.1. The predicted octanol–water partition coefficient (Wildman–Crippen LogP) is 1.78. The van der Waals surface area contributed by atoms with Gasteiger partial charge in [0.1, 0.15) is 5.82 Å². The second-order valence-electron chi connectivity index (χ2n) is 6.74. The van der Waals surface area contributed by atoms with E-state index in [0.717, 1.165) is 37.3 Å². The molecule has 1 aliphatic heterocycles. The van der Waals surface area contributed by atoms with Crippen LogP contribution in [-0.2, 0) is 22.6 Å². The van der Waals surface area contributed by atoms with Gasteiger partial charge in [-0.1, -0.05) is 0 Å². The first-order chi connectivity index (χ1) is 12.6. The van der Waals surface area contributed by atoms with E-state index < -0.39 is 0 Å². The number of aryl methyl sites for hydroxylation is 1. The molecule has 138 valence electrons. The number of nitrogens with zero attached hydrogens (tertiary/aromatic N) is 3. The molecule has 2 amide bonds. The number of H-pyrrole nitrogens is 1. The van der Waals surface area contributed by atoms with E-state index in [2.05, 4.69) is 20.3 Å². The molecule has 7 nitrogen and oxygen atoms in total. The second-order valence-corrected chi connectivity index (χ2v) is 6.74. The van der Waals surface area contributed by atoms with Crippen LogP contribution in [0.5, 0.6) is 0 Å². The molecule has 2 aromatic heterocycles. The number of nitrogens with one attached hydrogen (secondary N) is 2. The molecular formula is C19H25N5O2. The molecule has 0 unspecified atom stereocenters. The molecule has 0 saturated carbocycles. The van der Waals surface area contributed by atoms with Crippen LogP contribution in [0.25, 0.3) is 0 Å². The summed E-state index contributed by atoms with van der Waals surface area (Å²) in [5.74, 6) is 1.29. The van der Waals surface area contributed by atoms with Gasteiger partial charge in [0, 0.05) is 44.7 Å². The maximum atomic E-state index is 12.4. The fraction of sp³-hybridized carbons (Fsp3) is 0.474. The number of aromatic nitrogens is 3. The van der Waals surface area contributed by atoms with Crippen LogP contribution in [0.2, 0.25) is 0 Å². The van der Waals surface area contributed by atoms with Crippen LogP contribution >= 0.6 is 0 Å². The van der Waals surface area contributed by atoms with E-state index in [9.17, 15) is 9.59 Å². The first-order valence-corrected chi connectivity index (χ1v) is 9.06. The minimum absolute atomic E-state index is 0.0643. The van der Waals surface area contributed by atoms with Crippen molar-refractivity contribution >= 4 is 11.8 Å². The Balaban J connectivity index is 1.44. The van der Waals surface area contributed by atoms with Gasteiger partial charge in [-0.25, -0.2) is 4.98 Å². The van der Waals surface area contributed by atoms with E-state index in [1.807, 2.05) is 17.0 Å². The predicted molar refractivity (Wildman–Crippen MR) is 97.2 cm³/mol. The molecule has 3 rings (SSSR count). The summed E-state index contributed by atoms with van der Waals surface area (Å²) in [6.07, 6.45) is 8.56. The molecule has 1 aliphatic rings. The summed E-state index contributed by atoms with van der Waals surface area (Å²) in [5.41, 5.74) is 2.10. The number of hydrogen-bond acceptors (Lipinski definition) is 4. The zero-order chi connectivity index (χ0) is 18.4. The van der Waals surface area contributed by atoms with E-state index >= 15 is 0 Å². The number of rotatable bonds is 7. The number of hydrogen-bond donors (Lipinski definition) is 2. The van der Waals surface area contributed by atoms with Crippen molar-refractivity contribution in [1.82, 2.24) is 25.2 Å². The molecule has 0 aromatic carbocycles. The molecule has 0 bridgehead atoms. The third kappa shape index (κ3) is 4.91. The maximum Gasteiger partial charge on any atom is 0.222 e. The summed E-state index contributed by atoms with van der Waals surface area (Å²) in [5, 5.41) is 2.75. The maximum absolute atomic E-state index is 12.4. The lowest BCUT2D eigenvalue weighted by atomic mass is 10.1. The molecular weight excluding hydrogens is 330 g/mol. The van der Waals surface area contributed by atoms with Crippen LogP contribution in [0.4, 0.5) is 0 Å². The lowest BCUT2D eigenvalue weighted by Crippen LogP contribution is -2.28. The largest absolute Gasteiger partial charge is 0.351 e. The van der Waals surface area contributed by atoms with E-state index in [-0.39, 0.29) is 17.7 Å². The van der Waals surface area contributed by atoms with Gasteiger partial charge in [-0.05, 0) is 37.0 Å². The van der Waals surface area contributed by atoms with Crippen molar-refractivity contribution in [2.75, 3.05) is 13.1 Å². The lowest BCUT2D eigenvalue weighted by Gasteiger charge is -2.16. The Morgan fingerprint density at radius 3 is 2.92 bits per heavy atom. The summed E-state index contributed by atoms with van der Waals surface area (Å²) in [7, 11) is 0. The number of carbonyl (C=O) groups excluding carboxylic acids is 2. The van der Waals surface area contributed by atoms with Crippen molar-refractivity contribution < 1.29 is 9.59 Å². The summed E-state index contributed by atoms with van der Waals surface area (Å²) in [4.78, 5) is 37.0. The number of pyridine rings is 1. The summed E-state index contributed by atoms with van der Waals surface area (Å²) in [6.45, 7) is 3.43. The van der Waals surface area contributed by atoms with Crippen LogP contribution in [0, 0.1) is 0 Å². The number of likely N-dealkylation sites (tertiary alicyclic amines) is 1. The molecule has 1 atom stereocenters. The smallest absolute Gasteiger partial charge is 0.222 e. The van der Waals surface area contributed by atoms with Crippen molar-refractivity contribution in [3.63, 3.8) is 0 Å². The molecule has 2 N–H and O–H groups in total. The fourth-order valence-corrected chi connectivity index (χ4v) is 3.25. The average Bonchev–Trinajstić information content (AvgIpc) is 3.30. The standard InChI is InChI=1S/C19H25N5O2/c1-14(25)21-11-17-12-22-19(23-17)16-7-10-24(13-16)18(26)4-2-3-15-5-8-20-9-6-15/h5-6,8-9,12,16H,2-4,7,10-11,13H2,1H3,(H,21,25)(H,22,23)/t16-/m0/s1. The first-order valence-electron chi connectivity index (χ1n) is 9.06. The summed E-state index contributed by atoms with van der Waals surface area (Å²) >= 11 is 0. The third-order valence-electron chi connectivity index (χ3n) is 4.71. The van der Waals surface area contributed by atoms with Gasteiger partial charge < -0.3 is 15.2 Å². The van der Waals surface area contributed by atoms with Gasteiger partial charge in [0.05, 0.1) is 18.4 Å². The monoisotopic (exact) mass is 355 g/mol. The topological polar surface area (TPSA) is 91.0 Å². The normalized spacial score (nSPS) is 16.7. The Hall–Kier alpha value is -2.70. The Bertz CT molecular complexity index is 743. The second kappa shape index (κ2) is 8.60. The van der Waals surface area contributed by atoms with Gasteiger partial charge in [-0.3, -0.25) is 14.6 Å². The summed E-state index contributed by atoms with van der Waals surface area (Å²) < 4.78 is 0. The molecule has 2 aromatic rings. The van der Waals surface area contributed by atoms with Gasteiger partial charge in [-0.2, -0.15) is 0 Å². The van der Waals surface area contributed by atoms with E-state index in [1.165, 1.54) is 12.5 Å². The first kappa shape index (κ1) is 18.1. The molecule has 3 heterocycles. The third-order valence-corrected chi connectivity index (χ3v) is 4.71. The minimum Gasteiger partial charge on any atom is -0.351 e. The van der Waals surface area contributed by atoms with Gasteiger partial charge in [-0.15, -0.1) is 0 Å². The van der Waals surface area contributed by atoms with Gasteiger partial charge >= 0.3 is 0 Å². The Morgan fingerprint density at radius 2 is 2.15 bits per heavy atom. The number of amides is 2. The van der Waals surface area contributed by atoms with Crippen molar-refractivity contribution in [3.8, 4) is 0 Å². The quantitative estimate of drug-likeness (QED) is 0.792. The highest BCUT2D eigenvalue weighted by molar-refractivity contribution is 5.76. The van der Waals surface area contributed by atoms with Crippen LogP contribution < -0.4 is 5.32 Å². The SMILES string of the molecule is CC(=O)NCc1cnc([C@H]2CCN(C(=O)CCCc3ccncc3)C2)[nH]1. The Kier molecular flexibility index (Phi) is 5.99. The highest BCUT2D eigenvalue weighted by Crippen LogP contribution is 2.25. The van der Waals surface area contributed by atoms with Crippen molar-refractivity contribution in [1.29, 1.82) is 0 Å². The minimum atomic E-state index is -0.0643. The van der Waals surface area contributed by atoms with Crippen molar-refractivity contribution in [2.24, 2.45) is 0 Å². The highest BCUT2D eigenvalue weighted by atomic mass is 16.2. The molecule has 1 saturated heterocycles. The lowest BCUT2D eigenvalue weighted by molar-refractivity contribution is -0.130. The molecule has 0 spiro atoms. The Morgan fingerprint density at radius 1 is 1.35 bits per heavy atom. The highest BCUT2D eigenvalue weighted by Gasteiger charge is 2.28. The average molecular weight is 355 g/mol. The Labute approximate surface area is 153 Å². The molecule has 1 fully saturated rings. The van der Waals surface area contributed by atoms with Crippen LogP contribution in [-0.4, -0.2) is 44.8 Å². The fourth-order valence-electron chi connectivity index (χ4n) is 3.25. The number of aromatic amines is 1. The molecule has 0 radical (unpaired) electrons. The van der Waals surface area contributed by atoms with Gasteiger partial charge in [0.15, 0.2) is 0 Å². The van der Waals surface area contributed by atoms with E-state index in [4.69, 9.17) is 0 Å². The van der Waals surface area contributed by atoms with Crippen LogP contribution in [0.15, 0.2) is 30.7 Å². The van der Waals surface area contributed by atoms with Crippen molar-refractivity contribution in [2.45, 2.75) is 45.1 Å². The molecule has 0 aliphatic carbocycles. The molecule has 26 heavy (non-hydrogen) atoms. The van der Waals surface area contributed by atoms with Gasteiger partial charge in [0.2, 0.25) is 11.8 Å². The number of imidazole rings is 1. The molecule has 7 heteroatoms.